The maximum absolute atomic E-state index is 12.3. The second-order valence-corrected chi connectivity index (χ2v) is 5.10. The van der Waals surface area contributed by atoms with Crippen molar-refractivity contribution >= 4 is 5.91 Å². The Balaban J connectivity index is 1.59. The van der Waals surface area contributed by atoms with E-state index in [-0.39, 0.29) is 5.91 Å². The van der Waals surface area contributed by atoms with Crippen LogP contribution in [-0.4, -0.2) is 32.1 Å². The smallest absolute Gasteiger partial charge is 0.223 e. The molecule has 0 saturated heterocycles. The van der Waals surface area contributed by atoms with Crippen molar-refractivity contribution < 1.29 is 4.79 Å². The number of carbonyl (C=O) groups is 1. The van der Waals surface area contributed by atoms with Crippen molar-refractivity contribution in [1.82, 2.24) is 19.7 Å². The van der Waals surface area contributed by atoms with Gasteiger partial charge in [-0.05, 0) is 18.9 Å². The summed E-state index contributed by atoms with van der Waals surface area (Å²) in [5.74, 6) is 1.86. The summed E-state index contributed by atoms with van der Waals surface area (Å²) in [6, 6.07) is 10.1. The lowest BCUT2D eigenvalue weighted by molar-refractivity contribution is -0.132. The Morgan fingerprint density at radius 3 is 2.85 bits per heavy atom. The van der Waals surface area contributed by atoms with Crippen LogP contribution in [0.4, 0.5) is 0 Å². The molecule has 1 aromatic carbocycles. The van der Waals surface area contributed by atoms with Gasteiger partial charge in [0.05, 0.1) is 13.1 Å². The van der Waals surface area contributed by atoms with E-state index >= 15 is 0 Å². The van der Waals surface area contributed by atoms with Gasteiger partial charge in [0.1, 0.15) is 11.6 Å². The van der Waals surface area contributed by atoms with Gasteiger partial charge in [-0.1, -0.05) is 30.3 Å². The van der Waals surface area contributed by atoms with Crippen LogP contribution < -0.4 is 0 Å². The summed E-state index contributed by atoms with van der Waals surface area (Å²) in [5, 5.41) is 4.31. The zero-order valence-electron chi connectivity index (χ0n) is 11.6. The highest BCUT2D eigenvalue weighted by Crippen LogP contribution is 2.12. The molecule has 0 unspecified atom stereocenters. The van der Waals surface area contributed by atoms with Gasteiger partial charge in [0.15, 0.2) is 0 Å². The number of hydrogen-bond donors (Lipinski definition) is 0. The number of amides is 1. The van der Waals surface area contributed by atoms with E-state index in [1.54, 1.807) is 0 Å². The van der Waals surface area contributed by atoms with Crippen molar-refractivity contribution in [3.8, 4) is 0 Å². The highest BCUT2D eigenvalue weighted by molar-refractivity contribution is 5.76. The highest BCUT2D eigenvalue weighted by atomic mass is 16.2. The first-order chi connectivity index (χ1) is 9.72. The molecule has 3 rings (SSSR count). The third kappa shape index (κ3) is 2.71. The first-order valence-corrected chi connectivity index (χ1v) is 6.94. The van der Waals surface area contributed by atoms with Gasteiger partial charge in [-0.15, -0.1) is 0 Å². The summed E-state index contributed by atoms with van der Waals surface area (Å²) < 4.78 is 1.90. The van der Waals surface area contributed by atoms with Gasteiger partial charge in [-0.25, -0.2) is 9.67 Å². The highest BCUT2D eigenvalue weighted by Gasteiger charge is 2.22. The van der Waals surface area contributed by atoms with Crippen molar-refractivity contribution in [2.24, 2.45) is 0 Å². The standard InChI is InChI=1S/C15H18N4O/c1-12-16-14-11-18(9-10-19(14)17-12)15(20)8-7-13-5-3-2-4-6-13/h2-6H,7-11H2,1H3. The van der Waals surface area contributed by atoms with E-state index < -0.39 is 0 Å². The molecule has 5 nitrogen and oxygen atoms in total. The molecule has 0 bridgehead atoms. The summed E-state index contributed by atoms with van der Waals surface area (Å²) in [7, 11) is 0. The molecule has 104 valence electrons. The van der Waals surface area contributed by atoms with Crippen LogP contribution in [0.3, 0.4) is 0 Å². The van der Waals surface area contributed by atoms with Crippen molar-refractivity contribution in [3.05, 3.63) is 47.5 Å². The lowest BCUT2D eigenvalue weighted by atomic mass is 10.1. The average molecular weight is 270 g/mol. The summed E-state index contributed by atoms with van der Waals surface area (Å²) >= 11 is 0. The van der Waals surface area contributed by atoms with Crippen molar-refractivity contribution in [2.45, 2.75) is 32.9 Å². The number of fused-ring (bicyclic) bond motifs is 1. The van der Waals surface area contributed by atoms with Gasteiger partial charge < -0.3 is 4.90 Å². The molecule has 0 N–H and O–H groups in total. The Morgan fingerprint density at radius 2 is 2.05 bits per heavy atom. The minimum absolute atomic E-state index is 0.195. The zero-order chi connectivity index (χ0) is 13.9. The molecular formula is C15H18N4O. The fraction of sp³-hybridized carbons (Fsp3) is 0.400. The van der Waals surface area contributed by atoms with Crippen molar-refractivity contribution in [3.63, 3.8) is 0 Å². The first kappa shape index (κ1) is 12.8. The van der Waals surface area contributed by atoms with Crippen LogP contribution in [0.5, 0.6) is 0 Å². The minimum atomic E-state index is 0.195. The van der Waals surface area contributed by atoms with Crippen LogP contribution in [0, 0.1) is 6.92 Å². The molecule has 0 atom stereocenters. The molecule has 1 aliphatic rings. The third-order valence-electron chi connectivity index (χ3n) is 3.59. The molecule has 1 aromatic heterocycles. The summed E-state index contributed by atoms with van der Waals surface area (Å²) in [5.41, 5.74) is 1.21. The molecule has 0 saturated carbocycles. The van der Waals surface area contributed by atoms with E-state index in [2.05, 4.69) is 22.2 Å². The van der Waals surface area contributed by atoms with Crippen LogP contribution in [0.25, 0.3) is 0 Å². The number of aryl methyl sites for hydroxylation is 2. The van der Waals surface area contributed by atoms with Crippen LogP contribution in [-0.2, 0) is 24.3 Å². The van der Waals surface area contributed by atoms with Gasteiger partial charge in [0.2, 0.25) is 5.91 Å². The molecule has 0 aliphatic carbocycles. The average Bonchev–Trinajstić information content (AvgIpc) is 2.85. The molecule has 1 aliphatic heterocycles. The Bertz CT molecular complexity index is 606. The Labute approximate surface area is 118 Å². The molecule has 0 radical (unpaired) electrons. The molecular weight excluding hydrogens is 252 g/mol. The second kappa shape index (κ2) is 5.45. The van der Waals surface area contributed by atoms with Gasteiger partial charge in [-0.2, -0.15) is 5.10 Å². The largest absolute Gasteiger partial charge is 0.333 e. The molecule has 20 heavy (non-hydrogen) atoms. The number of rotatable bonds is 3. The Kier molecular flexibility index (Phi) is 3.50. The maximum Gasteiger partial charge on any atom is 0.223 e. The summed E-state index contributed by atoms with van der Waals surface area (Å²) in [6.07, 6.45) is 1.35. The monoisotopic (exact) mass is 270 g/mol. The Morgan fingerprint density at radius 1 is 1.25 bits per heavy atom. The lowest BCUT2D eigenvalue weighted by Crippen LogP contribution is -2.38. The third-order valence-corrected chi connectivity index (χ3v) is 3.59. The van der Waals surface area contributed by atoms with Crippen LogP contribution in [0.1, 0.15) is 23.6 Å². The summed E-state index contributed by atoms with van der Waals surface area (Å²) in [4.78, 5) is 18.5. The number of nitrogens with zero attached hydrogens (tertiary/aromatic N) is 4. The van der Waals surface area contributed by atoms with Crippen LogP contribution >= 0.6 is 0 Å². The fourth-order valence-electron chi connectivity index (χ4n) is 2.53. The van der Waals surface area contributed by atoms with Crippen molar-refractivity contribution in [2.75, 3.05) is 6.54 Å². The van der Waals surface area contributed by atoms with E-state index in [1.165, 1.54) is 5.56 Å². The van der Waals surface area contributed by atoms with Gasteiger partial charge in [0, 0.05) is 13.0 Å². The van der Waals surface area contributed by atoms with Crippen LogP contribution in [0.2, 0.25) is 0 Å². The quantitative estimate of drug-likeness (QED) is 0.850. The predicted octanol–water partition coefficient (Wildman–Crippen LogP) is 1.56. The second-order valence-electron chi connectivity index (χ2n) is 5.10. The normalized spacial score (nSPS) is 14.2. The molecule has 0 spiro atoms. The molecule has 1 amide bonds. The van der Waals surface area contributed by atoms with Gasteiger partial charge in [-0.3, -0.25) is 4.79 Å². The van der Waals surface area contributed by atoms with Crippen LogP contribution in [0.15, 0.2) is 30.3 Å². The molecule has 0 fully saturated rings. The molecule has 2 aromatic rings. The van der Waals surface area contributed by atoms with E-state index in [9.17, 15) is 4.79 Å². The molecule has 2 heterocycles. The van der Waals surface area contributed by atoms with E-state index in [4.69, 9.17) is 0 Å². The van der Waals surface area contributed by atoms with E-state index in [1.807, 2.05) is 34.7 Å². The number of aromatic nitrogens is 3. The van der Waals surface area contributed by atoms with Gasteiger partial charge in [0.25, 0.3) is 0 Å². The number of carbonyl (C=O) groups excluding carboxylic acids is 1. The number of hydrogen-bond acceptors (Lipinski definition) is 3. The minimum Gasteiger partial charge on any atom is -0.333 e. The maximum atomic E-state index is 12.3. The Hall–Kier alpha value is -2.17. The summed E-state index contributed by atoms with van der Waals surface area (Å²) in [6.45, 7) is 3.93. The van der Waals surface area contributed by atoms with E-state index in [0.717, 1.165) is 31.2 Å². The first-order valence-electron chi connectivity index (χ1n) is 6.94. The van der Waals surface area contributed by atoms with E-state index in [0.29, 0.717) is 13.0 Å². The predicted molar refractivity (Wildman–Crippen MR) is 74.9 cm³/mol. The fourth-order valence-corrected chi connectivity index (χ4v) is 2.53. The van der Waals surface area contributed by atoms with Gasteiger partial charge >= 0.3 is 0 Å². The number of benzene rings is 1. The lowest BCUT2D eigenvalue weighted by Gasteiger charge is -2.26. The zero-order valence-corrected chi connectivity index (χ0v) is 11.6. The SMILES string of the molecule is Cc1nc2n(n1)CCN(C(=O)CCc1ccccc1)C2. The topological polar surface area (TPSA) is 51.0 Å². The molecule has 5 heteroatoms. The van der Waals surface area contributed by atoms with Crippen molar-refractivity contribution in [1.29, 1.82) is 0 Å².